The Morgan fingerprint density at radius 3 is 2.73 bits per heavy atom. The van der Waals surface area contributed by atoms with Gasteiger partial charge in [-0.15, -0.1) is 0 Å². The predicted octanol–water partition coefficient (Wildman–Crippen LogP) is 5.63. The molecule has 1 aliphatic heterocycles. The van der Waals surface area contributed by atoms with E-state index in [0.717, 1.165) is 23.9 Å². The van der Waals surface area contributed by atoms with Crippen molar-refractivity contribution in [3.63, 3.8) is 0 Å². The van der Waals surface area contributed by atoms with E-state index in [2.05, 4.69) is 70.9 Å². The highest BCUT2D eigenvalue weighted by Crippen LogP contribution is 2.29. The van der Waals surface area contributed by atoms with Crippen LogP contribution in [0.25, 0.3) is 10.8 Å². The van der Waals surface area contributed by atoms with Crippen LogP contribution in [0.5, 0.6) is 5.88 Å². The summed E-state index contributed by atoms with van der Waals surface area (Å²) in [5, 5.41) is 15.5. The summed E-state index contributed by atoms with van der Waals surface area (Å²) in [4.78, 5) is 15.3. The number of nitrogens with one attached hydrogen (secondary N) is 1. The summed E-state index contributed by atoms with van der Waals surface area (Å²) in [6.45, 7) is 8.08. The zero-order chi connectivity index (χ0) is 23.4. The van der Waals surface area contributed by atoms with Crippen LogP contribution in [-0.4, -0.2) is 46.2 Å². The van der Waals surface area contributed by atoms with Crippen LogP contribution < -0.4 is 5.32 Å². The highest BCUT2D eigenvalue weighted by Gasteiger charge is 2.24. The maximum atomic E-state index is 12.7. The lowest BCUT2D eigenvalue weighted by Gasteiger charge is -2.38. The predicted molar refractivity (Wildman–Crippen MR) is 143 cm³/mol. The molecule has 1 amide bonds. The molecule has 5 nitrogen and oxygen atoms in total. The first-order chi connectivity index (χ1) is 15.9. The van der Waals surface area contributed by atoms with E-state index in [1.807, 2.05) is 22.9 Å². The summed E-state index contributed by atoms with van der Waals surface area (Å²) in [5.41, 5.74) is 1.71. The van der Waals surface area contributed by atoms with Crippen molar-refractivity contribution in [1.82, 2.24) is 14.8 Å². The third-order valence-corrected chi connectivity index (χ3v) is 7.45. The average molecular weight is 559 g/mol. The fourth-order valence-electron chi connectivity index (χ4n) is 4.93. The molecule has 0 aliphatic carbocycles. The maximum Gasteiger partial charge on any atom is 0.251 e. The molecule has 1 unspecified atom stereocenters. The monoisotopic (exact) mass is 559 g/mol. The molecule has 1 aliphatic rings. The summed E-state index contributed by atoms with van der Waals surface area (Å²) >= 11 is 2.29. The van der Waals surface area contributed by atoms with Crippen molar-refractivity contribution < 1.29 is 9.90 Å². The van der Waals surface area contributed by atoms with Gasteiger partial charge in [-0.05, 0) is 84.1 Å². The van der Waals surface area contributed by atoms with Gasteiger partial charge in [-0.25, -0.2) is 0 Å². The molecule has 0 bridgehead atoms. The number of nitrogens with zero attached hydrogens (tertiary/aromatic N) is 2. The zero-order valence-electron chi connectivity index (χ0n) is 19.6. The van der Waals surface area contributed by atoms with Crippen LogP contribution in [0.15, 0.2) is 48.7 Å². The van der Waals surface area contributed by atoms with Crippen molar-refractivity contribution in [2.45, 2.75) is 52.1 Å². The van der Waals surface area contributed by atoms with Gasteiger partial charge in [0.15, 0.2) is 5.88 Å². The third-order valence-electron chi connectivity index (χ3n) is 6.73. The lowest BCUT2D eigenvalue weighted by Crippen LogP contribution is -2.43. The van der Waals surface area contributed by atoms with Gasteiger partial charge in [-0.1, -0.05) is 38.5 Å². The minimum Gasteiger partial charge on any atom is -0.494 e. The smallest absolute Gasteiger partial charge is 0.251 e. The lowest BCUT2D eigenvalue weighted by atomic mass is 9.92. The van der Waals surface area contributed by atoms with Crippen LogP contribution in [0.3, 0.4) is 0 Å². The molecular formula is C27H34IN3O2. The highest BCUT2D eigenvalue weighted by molar-refractivity contribution is 14.1. The number of amides is 1. The van der Waals surface area contributed by atoms with E-state index in [0.29, 0.717) is 36.0 Å². The molecule has 176 valence electrons. The summed E-state index contributed by atoms with van der Waals surface area (Å²) in [5.74, 6) is 0.793. The third kappa shape index (κ3) is 5.90. The highest BCUT2D eigenvalue weighted by atomic mass is 127. The fourth-order valence-corrected chi connectivity index (χ4v) is 5.29. The molecule has 1 fully saturated rings. The van der Waals surface area contributed by atoms with Crippen molar-refractivity contribution in [3.8, 4) is 5.88 Å². The summed E-state index contributed by atoms with van der Waals surface area (Å²) in [6.07, 6.45) is 6.79. The first-order valence-corrected chi connectivity index (χ1v) is 13.1. The number of halogens is 1. The van der Waals surface area contributed by atoms with Crippen molar-refractivity contribution in [2.24, 2.45) is 5.92 Å². The number of likely N-dealkylation sites (tertiary alicyclic amines) is 1. The Morgan fingerprint density at radius 2 is 1.97 bits per heavy atom. The molecule has 3 aromatic rings. The van der Waals surface area contributed by atoms with Gasteiger partial charge < -0.3 is 19.9 Å². The number of aromatic nitrogens is 1. The van der Waals surface area contributed by atoms with Crippen molar-refractivity contribution in [2.75, 3.05) is 19.6 Å². The normalized spacial score (nSPS) is 17.0. The fraction of sp³-hybridized carbons (Fsp3) is 0.444. The second-order valence-corrected chi connectivity index (χ2v) is 10.7. The van der Waals surface area contributed by atoms with Crippen LogP contribution >= 0.6 is 22.6 Å². The van der Waals surface area contributed by atoms with Crippen LogP contribution in [0.2, 0.25) is 0 Å². The molecule has 0 radical (unpaired) electrons. The number of benzene rings is 2. The molecule has 2 aromatic carbocycles. The summed E-state index contributed by atoms with van der Waals surface area (Å²) in [6, 6.07) is 14.5. The zero-order valence-corrected chi connectivity index (χ0v) is 21.7. The summed E-state index contributed by atoms with van der Waals surface area (Å²) in [7, 11) is 0. The number of hydrogen-bond acceptors (Lipinski definition) is 3. The first kappa shape index (κ1) is 24.1. The van der Waals surface area contributed by atoms with Gasteiger partial charge in [0.2, 0.25) is 0 Å². The van der Waals surface area contributed by atoms with Crippen LogP contribution in [-0.2, 0) is 6.54 Å². The van der Waals surface area contributed by atoms with Crippen LogP contribution in [0, 0.1) is 9.49 Å². The van der Waals surface area contributed by atoms with Gasteiger partial charge in [-0.2, -0.15) is 0 Å². The second-order valence-electron chi connectivity index (χ2n) is 9.46. The molecule has 0 spiro atoms. The molecule has 1 aromatic heterocycles. The van der Waals surface area contributed by atoms with Crippen molar-refractivity contribution >= 4 is 39.3 Å². The number of fused-ring (bicyclic) bond motifs is 1. The minimum atomic E-state index is -0.0826. The molecule has 2 N–H and O–H groups in total. The Morgan fingerprint density at radius 1 is 1.18 bits per heavy atom. The van der Waals surface area contributed by atoms with Gasteiger partial charge in [0.05, 0.1) is 6.54 Å². The molecule has 33 heavy (non-hydrogen) atoms. The van der Waals surface area contributed by atoms with Gasteiger partial charge in [0.1, 0.15) is 0 Å². The molecular weight excluding hydrogens is 525 g/mol. The number of carbonyl (C=O) groups excluding carboxylic acids is 1. The molecule has 2 heterocycles. The van der Waals surface area contributed by atoms with Crippen molar-refractivity contribution in [1.29, 1.82) is 0 Å². The molecule has 0 saturated carbocycles. The van der Waals surface area contributed by atoms with E-state index in [9.17, 15) is 9.90 Å². The second kappa shape index (κ2) is 10.9. The summed E-state index contributed by atoms with van der Waals surface area (Å²) < 4.78 is 3.02. The van der Waals surface area contributed by atoms with E-state index in [-0.39, 0.29) is 11.8 Å². The van der Waals surface area contributed by atoms with E-state index in [1.54, 1.807) is 6.07 Å². The Labute approximate surface area is 210 Å². The SMILES string of the molecule is CC(C)C1CCCCN1CCCNC(=O)c1ccc2cn(Cc3ccc(I)cc3)c(O)c2c1. The van der Waals surface area contributed by atoms with Gasteiger partial charge in [0.25, 0.3) is 5.91 Å². The number of piperidine rings is 1. The number of hydrogen-bond donors (Lipinski definition) is 2. The number of aromatic hydroxyl groups is 1. The Balaban J connectivity index is 1.35. The number of rotatable bonds is 8. The standard InChI is InChI=1S/C27H34IN3O2/c1-19(2)25-6-3-4-14-30(25)15-5-13-29-26(32)21-9-10-22-18-31(27(33)24(22)16-21)17-20-7-11-23(28)12-8-20/h7-12,16,18-19,25,33H,3-6,13-15,17H2,1-2H3,(H,29,32). The average Bonchev–Trinajstić information content (AvgIpc) is 3.12. The van der Waals surface area contributed by atoms with Crippen LogP contribution in [0.1, 0.15) is 55.5 Å². The first-order valence-electron chi connectivity index (χ1n) is 12.0. The maximum absolute atomic E-state index is 12.7. The van der Waals surface area contributed by atoms with Crippen molar-refractivity contribution in [3.05, 3.63) is 63.4 Å². The van der Waals surface area contributed by atoms with Gasteiger partial charge in [-0.3, -0.25) is 4.79 Å². The minimum absolute atomic E-state index is 0.0826. The van der Waals surface area contributed by atoms with E-state index >= 15 is 0 Å². The molecule has 1 atom stereocenters. The van der Waals surface area contributed by atoms with E-state index in [4.69, 9.17) is 0 Å². The Hall–Kier alpha value is -2.06. The molecule has 1 saturated heterocycles. The largest absolute Gasteiger partial charge is 0.494 e. The van der Waals surface area contributed by atoms with E-state index < -0.39 is 0 Å². The lowest BCUT2D eigenvalue weighted by molar-refractivity contribution is 0.0937. The van der Waals surface area contributed by atoms with Gasteiger partial charge >= 0.3 is 0 Å². The van der Waals surface area contributed by atoms with E-state index in [1.165, 1.54) is 29.4 Å². The van der Waals surface area contributed by atoms with Gasteiger partial charge in [0, 0.05) is 45.2 Å². The molecule has 4 rings (SSSR count). The van der Waals surface area contributed by atoms with Crippen LogP contribution in [0.4, 0.5) is 0 Å². The molecule has 6 heteroatoms. The Kier molecular flexibility index (Phi) is 7.96. The Bertz CT molecular complexity index is 1090. The quantitative estimate of drug-likeness (QED) is 0.278. The number of carbonyl (C=O) groups is 1. The topological polar surface area (TPSA) is 57.5 Å².